The average molecular weight is 806 g/mol. The Kier molecular flexibility index (Phi) is 9.39. The molecule has 11 heteroatoms. The highest BCUT2D eigenvalue weighted by atomic mass is 35.5. The molecule has 59 heavy (non-hydrogen) atoms. The first kappa shape index (κ1) is 37.9. The number of rotatable bonds is 9. The van der Waals surface area contributed by atoms with E-state index in [1.807, 2.05) is 12.1 Å². The van der Waals surface area contributed by atoms with Crippen LogP contribution in [0.1, 0.15) is 51.4 Å². The molecule has 294 valence electrons. The molecule has 9 rings (SSSR count). The van der Waals surface area contributed by atoms with Crippen molar-refractivity contribution in [3.63, 3.8) is 0 Å². The second-order valence-corrected chi connectivity index (χ2v) is 15.9. The zero-order valence-electron chi connectivity index (χ0n) is 31.6. The van der Waals surface area contributed by atoms with Gasteiger partial charge in [0.1, 0.15) is 11.6 Å². The normalized spacial score (nSPS) is 24.6. The lowest BCUT2D eigenvalue weighted by Crippen LogP contribution is -2.53. The molecule has 3 fully saturated rings. The lowest BCUT2D eigenvalue weighted by molar-refractivity contribution is -0.138. The van der Waals surface area contributed by atoms with Crippen molar-refractivity contribution in [1.29, 1.82) is 0 Å². The molecule has 2 aliphatic carbocycles. The molecule has 2 aliphatic heterocycles. The average Bonchev–Trinajstić information content (AvgIpc) is 3.63. The van der Waals surface area contributed by atoms with Crippen LogP contribution in [0, 0.1) is 29.5 Å². The van der Waals surface area contributed by atoms with Crippen molar-refractivity contribution in [1.82, 2.24) is 5.01 Å². The summed E-state index contributed by atoms with van der Waals surface area (Å²) in [7, 11) is 0. The summed E-state index contributed by atoms with van der Waals surface area (Å²) in [5.74, 6) is -7.18. The number of para-hydroxylation sites is 1. The van der Waals surface area contributed by atoms with E-state index in [2.05, 4.69) is 12.0 Å². The number of phenolic OH excluding ortho intramolecular Hbond substituents is 1. The molecule has 4 aliphatic rings. The zero-order chi connectivity index (χ0) is 41.2. The first-order chi connectivity index (χ1) is 28.5. The zero-order valence-corrected chi connectivity index (χ0v) is 32.3. The number of imide groups is 2. The summed E-state index contributed by atoms with van der Waals surface area (Å²) in [5.41, 5.74) is 4.90. The van der Waals surface area contributed by atoms with E-state index < -0.39 is 64.5 Å². The van der Waals surface area contributed by atoms with E-state index in [-0.39, 0.29) is 24.4 Å². The first-order valence-electron chi connectivity index (χ1n) is 19.4. The largest absolute Gasteiger partial charge is 0.507 e. The number of phenols is 1. The van der Waals surface area contributed by atoms with Crippen LogP contribution in [0.25, 0.3) is 0 Å². The Hall–Kier alpha value is -6.65. The number of carbonyl (C=O) groups excluding carboxylic acids is 5. The number of hydrogen-bond donors (Lipinski definition) is 2. The van der Waals surface area contributed by atoms with Gasteiger partial charge < -0.3 is 5.11 Å². The predicted octanol–water partition coefficient (Wildman–Crippen LogP) is 8.33. The van der Waals surface area contributed by atoms with E-state index in [1.165, 1.54) is 29.2 Å². The molecule has 2 heterocycles. The quantitative estimate of drug-likeness (QED) is 0.0873. The van der Waals surface area contributed by atoms with Crippen LogP contribution >= 0.6 is 11.6 Å². The predicted molar refractivity (Wildman–Crippen MR) is 220 cm³/mol. The van der Waals surface area contributed by atoms with Crippen LogP contribution in [0.2, 0.25) is 5.02 Å². The SMILES string of the molecule is C=CCc1cccc([C@H]2C3=CC[C@@H]4C(=O)N(c5ccc(C(=O)c6ccccc6)cc5)C(=O)[C@@H]4[C@@H]3C[C@H]3C(=O)N(Nc4ccc(F)cc4)C(=O)[C@@]23c2ccc(Cl)cc2)c1O. The maximum absolute atomic E-state index is 15.4. The van der Waals surface area contributed by atoms with E-state index in [4.69, 9.17) is 11.6 Å². The van der Waals surface area contributed by atoms with Crippen molar-refractivity contribution >= 4 is 52.4 Å². The number of fused-ring (bicyclic) bond motifs is 4. The molecule has 9 nitrogen and oxygen atoms in total. The topological polar surface area (TPSA) is 124 Å². The standard InChI is InChI=1S/C48H37ClFN3O6/c1-2-7-27-10-6-11-37(43(27)55)41-35-24-25-36-40(46(58)52(44(36)56)34-22-12-29(13-23-34)42(54)28-8-4-3-5-9-28)38(35)26-39-45(57)53(51-33-20-18-32(50)19-21-33)47(59)48(39,41)30-14-16-31(49)17-15-30/h2-6,8-24,36,38-41,51,55H,1,7,25-26H2/t36-,38+,39-,40-,41+,48+/m0/s1. The van der Waals surface area contributed by atoms with Crippen LogP contribution in [-0.2, 0) is 31.0 Å². The minimum absolute atomic E-state index is 0.0305. The van der Waals surface area contributed by atoms with Gasteiger partial charge in [0, 0.05) is 27.6 Å². The number of allylic oxidation sites excluding steroid dienone is 3. The molecule has 5 aromatic carbocycles. The first-order valence-corrected chi connectivity index (χ1v) is 19.8. The molecular formula is C48H37ClFN3O6. The van der Waals surface area contributed by atoms with Crippen LogP contribution in [0.5, 0.6) is 5.75 Å². The Morgan fingerprint density at radius 3 is 2.22 bits per heavy atom. The summed E-state index contributed by atoms with van der Waals surface area (Å²) in [4.78, 5) is 73.8. The van der Waals surface area contributed by atoms with Gasteiger partial charge in [-0.15, -0.1) is 6.58 Å². The van der Waals surface area contributed by atoms with Crippen LogP contribution in [0.3, 0.4) is 0 Å². The van der Waals surface area contributed by atoms with E-state index >= 15 is 4.79 Å². The van der Waals surface area contributed by atoms with E-state index in [0.29, 0.717) is 56.2 Å². The number of hydrazine groups is 1. The van der Waals surface area contributed by atoms with Crippen LogP contribution < -0.4 is 10.3 Å². The monoisotopic (exact) mass is 805 g/mol. The fourth-order valence-corrected chi connectivity index (χ4v) is 10.1. The number of hydrogen-bond acceptors (Lipinski definition) is 7. The van der Waals surface area contributed by atoms with Gasteiger partial charge in [0.25, 0.3) is 11.8 Å². The number of aromatic hydroxyl groups is 1. The number of nitrogens with zero attached hydrogens (tertiary/aromatic N) is 2. The Bertz CT molecular complexity index is 2590. The second kappa shape index (κ2) is 14.6. The smallest absolute Gasteiger partial charge is 0.260 e. The molecule has 4 amide bonds. The van der Waals surface area contributed by atoms with Gasteiger partial charge in [0.2, 0.25) is 11.8 Å². The Morgan fingerprint density at radius 1 is 0.831 bits per heavy atom. The summed E-state index contributed by atoms with van der Waals surface area (Å²) in [5, 5.41) is 13.4. The fourth-order valence-electron chi connectivity index (χ4n) is 9.94. The maximum Gasteiger partial charge on any atom is 0.260 e. The summed E-state index contributed by atoms with van der Waals surface area (Å²) in [6.07, 6.45) is 4.09. The molecular weight excluding hydrogens is 769 g/mol. The van der Waals surface area contributed by atoms with Gasteiger partial charge in [0.05, 0.1) is 34.5 Å². The second-order valence-electron chi connectivity index (χ2n) is 15.5. The highest BCUT2D eigenvalue weighted by Gasteiger charge is 2.70. The lowest BCUT2D eigenvalue weighted by atomic mass is 9.49. The van der Waals surface area contributed by atoms with Crippen molar-refractivity contribution in [2.75, 3.05) is 10.3 Å². The van der Waals surface area contributed by atoms with E-state index in [9.17, 15) is 28.7 Å². The van der Waals surface area contributed by atoms with Gasteiger partial charge in [-0.3, -0.25) is 34.3 Å². The molecule has 5 aromatic rings. The third kappa shape index (κ3) is 5.92. The van der Waals surface area contributed by atoms with Gasteiger partial charge in [0.15, 0.2) is 5.78 Å². The number of halogens is 2. The summed E-state index contributed by atoms with van der Waals surface area (Å²) >= 11 is 6.40. The summed E-state index contributed by atoms with van der Waals surface area (Å²) < 4.78 is 14.0. The minimum atomic E-state index is -1.65. The fraction of sp³-hybridized carbons (Fsp3) is 0.188. The van der Waals surface area contributed by atoms with Crippen LogP contribution in [-0.4, -0.2) is 39.5 Å². The number of ketones is 1. The molecule has 0 aromatic heterocycles. The van der Waals surface area contributed by atoms with Gasteiger partial charge in [-0.25, -0.2) is 4.39 Å². The highest BCUT2D eigenvalue weighted by Crippen LogP contribution is 2.65. The third-order valence-electron chi connectivity index (χ3n) is 12.5. The molecule has 0 radical (unpaired) electrons. The van der Waals surface area contributed by atoms with Crippen molar-refractivity contribution in [2.24, 2.45) is 23.7 Å². The molecule has 2 N–H and O–H groups in total. The molecule has 0 unspecified atom stereocenters. The number of nitrogens with one attached hydrogen (secondary N) is 1. The molecule has 6 atom stereocenters. The van der Waals surface area contributed by atoms with E-state index in [1.54, 1.807) is 97.1 Å². The minimum Gasteiger partial charge on any atom is -0.507 e. The van der Waals surface area contributed by atoms with Gasteiger partial charge in [-0.05, 0) is 97.0 Å². The van der Waals surface area contributed by atoms with Crippen LogP contribution in [0.4, 0.5) is 15.8 Å². The molecule has 0 bridgehead atoms. The lowest BCUT2D eigenvalue weighted by Gasteiger charge is -2.50. The number of anilines is 2. The number of amides is 4. The number of benzene rings is 5. The van der Waals surface area contributed by atoms with Gasteiger partial charge in [-0.2, -0.15) is 5.01 Å². The van der Waals surface area contributed by atoms with Gasteiger partial charge in [-0.1, -0.05) is 90.0 Å². The van der Waals surface area contributed by atoms with Crippen molar-refractivity contribution in [2.45, 2.75) is 30.6 Å². The molecule has 1 saturated carbocycles. The van der Waals surface area contributed by atoms with Crippen molar-refractivity contribution in [3.05, 3.63) is 184 Å². The van der Waals surface area contributed by atoms with Crippen LogP contribution in [0.15, 0.2) is 146 Å². The number of carbonyl (C=O) groups is 5. The summed E-state index contributed by atoms with van der Waals surface area (Å²) in [6, 6.07) is 32.4. The Balaban J connectivity index is 1.17. The van der Waals surface area contributed by atoms with E-state index in [0.717, 1.165) is 5.01 Å². The van der Waals surface area contributed by atoms with Gasteiger partial charge >= 0.3 is 0 Å². The third-order valence-corrected chi connectivity index (χ3v) is 12.8. The molecule has 2 saturated heterocycles. The maximum atomic E-state index is 15.4. The highest BCUT2D eigenvalue weighted by molar-refractivity contribution is 6.30. The molecule has 0 spiro atoms. The van der Waals surface area contributed by atoms with Crippen molar-refractivity contribution in [3.8, 4) is 5.75 Å². The Morgan fingerprint density at radius 2 is 1.53 bits per heavy atom. The Labute approximate surface area is 344 Å². The van der Waals surface area contributed by atoms with Crippen molar-refractivity contribution < 1.29 is 33.5 Å². The summed E-state index contributed by atoms with van der Waals surface area (Å²) in [6.45, 7) is 3.85.